The summed E-state index contributed by atoms with van der Waals surface area (Å²) in [6, 6.07) is 4.97. The predicted octanol–water partition coefficient (Wildman–Crippen LogP) is 2.06. The molecule has 0 aliphatic carbocycles. The Morgan fingerprint density at radius 3 is 2.63 bits per heavy atom. The van der Waals surface area contributed by atoms with Crippen LogP contribution in [0.5, 0.6) is 11.6 Å². The number of ether oxygens (including phenoxy) is 2. The summed E-state index contributed by atoms with van der Waals surface area (Å²) in [6.07, 6.45) is 4.49. The number of aromatic nitrogens is 4. The van der Waals surface area contributed by atoms with Crippen LogP contribution in [0.3, 0.4) is 0 Å². The van der Waals surface area contributed by atoms with Crippen molar-refractivity contribution in [2.24, 2.45) is 5.73 Å². The van der Waals surface area contributed by atoms with Crippen molar-refractivity contribution in [3.8, 4) is 11.6 Å². The van der Waals surface area contributed by atoms with Gasteiger partial charge in [-0.05, 0) is 39.0 Å². The van der Waals surface area contributed by atoms with Crippen molar-refractivity contribution in [1.29, 1.82) is 0 Å². The van der Waals surface area contributed by atoms with Gasteiger partial charge in [-0.1, -0.05) is 0 Å². The predicted molar refractivity (Wildman–Crippen MR) is 96.2 cm³/mol. The van der Waals surface area contributed by atoms with Gasteiger partial charge in [0.25, 0.3) is 5.91 Å². The van der Waals surface area contributed by atoms with E-state index < -0.39 is 17.5 Å². The Morgan fingerprint density at radius 2 is 2.00 bits per heavy atom. The molecule has 27 heavy (non-hydrogen) atoms. The molecule has 0 aliphatic heterocycles. The first-order valence-corrected chi connectivity index (χ1v) is 8.19. The summed E-state index contributed by atoms with van der Waals surface area (Å²) >= 11 is 0. The van der Waals surface area contributed by atoms with E-state index in [1.54, 1.807) is 39.0 Å². The van der Waals surface area contributed by atoms with Gasteiger partial charge in [0.2, 0.25) is 5.88 Å². The van der Waals surface area contributed by atoms with Crippen molar-refractivity contribution in [1.82, 2.24) is 19.7 Å². The summed E-state index contributed by atoms with van der Waals surface area (Å²) < 4.78 is 12.3. The molecule has 0 saturated carbocycles. The van der Waals surface area contributed by atoms with Crippen molar-refractivity contribution in [3.05, 3.63) is 42.5 Å². The van der Waals surface area contributed by atoms with Crippen molar-refractivity contribution in [2.45, 2.75) is 32.9 Å². The van der Waals surface area contributed by atoms with Crippen molar-refractivity contribution in [3.63, 3.8) is 0 Å². The smallest absolute Gasteiger partial charge is 0.328 e. The van der Waals surface area contributed by atoms with Crippen LogP contribution in [-0.2, 0) is 16.1 Å². The summed E-state index contributed by atoms with van der Waals surface area (Å²) in [6.45, 7) is 5.18. The van der Waals surface area contributed by atoms with E-state index in [9.17, 15) is 9.59 Å². The Kier molecular flexibility index (Phi) is 4.76. The molecule has 9 nitrogen and oxygen atoms in total. The Labute approximate surface area is 155 Å². The maximum Gasteiger partial charge on any atom is 0.328 e. The van der Waals surface area contributed by atoms with Crippen molar-refractivity contribution in [2.75, 3.05) is 0 Å². The molecule has 9 heteroatoms. The fourth-order valence-corrected chi connectivity index (χ4v) is 2.48. The molecule has 2 N–H and O–H groups in total. The van der Waals surface area contributed by atoms with Gasteiger partial charge in [0, 0.05) is 17.8 Å². The number of benzene rings is 1. The van der Waals surface area contributed by atoms with Gasteiger partial charge in [-0.15, -0.1) is 0 Å². The zero-order valence-corrected chi connectivity index (χ0v) is 15.2. The number of hydrogen-bond acceptors (Lipinski definition) is 7. The standard InChI is InChI=1S/C18H19N5O4/c1-18(2,3)27-15(24)10-23-13-5-4-11(26-14-9-20-6-7-21-14)8-12(13)16(22-23)17(19)25/h4-9H,10H2,1-3H3,(H2,19,25). The van der Waals surface area contributed by atoms with Crippen LogP contribution in [0.2, 0.25) is 0 Å². The molecule has 0 spiro atoms. The average molecular weight is 369 g/mol. The molecule has 3 aromatic rings. The average Bonchev–Trinajstić information content (AvgIpc) is 2.92. The molecule has 0 radical (unpaired) electrons. The van der Waals surface area contributed by atoms with Crippen LogP contribution in [0.1, 0.15) is 31.3 Å². The second-order valence-electron chi connectivity index (χ2n) is 6.78. The van der Waals surface area contributed by atoms with Crippen LogP contribution >= 0.6 is 0 Å². The topological polar surface area (TPSA) is 122 Å². The number of primary amides is 1. The maximum absolute atomic E-state index is 12.1. The van der Waals surface area contributed by atoms with Gasteiger partial charge in [0.1, 0.15) is 17.9 Å². The van der Waals surface area contributed by atoms with Crippen LogP contribution in [0.15, 0.2) is 36.8 Å². The normalized spacial score (nSPS) is 11.4. The second-order valence-corrected chi connectivity index (χ2v) is 6.78. The Morgan fingerprint density at radius 1 is 1.22 bits per heavy atom. The lowest BCUT2D eigenvalue weighted by Crippen LogP contribution is -2.27. The molecule has 0 unspecified atom stereocenters. The zero-order chi connectivity index (χ0) is 19.6. The Bertz CT molecular complexity index is 992. The lowest BCUT2D eigenvalue weighted by atomic mass is 10.2. The molecule has 2 heterocycles. The molecule has 3 rings (SSSR count). The van der Waals surface area contributed by atoms with E-state index >= 15 is 0 Å². The van der Waals surface area contributed by atoms with Crippen LogP contribution in [0.4, 0.5) is 0 Å². The van der Waals surface area contributed by atoms with Crippen LogP contribution < -0.4 is 10.5 Å². The summed E-state index contributed by atoms with van der Waals surface area (Å²) in [5, 5.41) is 4.63. The molecule has 0 fully saturated rings. The number of carbonyl (C=O) groups is 2. The second kappa shape index (κ2) is 7.02. The van der Waals surface area contributed by atoms with E-state index in [2.05, 4.69) is 15.1 Å². The number of fused-ring (bicyclic) bond motifs is 1. The molecule has 2 aromatic heterocycles. The van der Waals surface area contributed by atoms with E-state index in [0.29, 0.717) is 22.5 Å². The van der Waals surface area contributed by atoms with Gasteiger partial charge >= 0.3 is 5.97 Å². The summed E-state index contributed by atoms with van der Waals surface area (Å²) in [5.41, 5.74) is 5.41. The molecule has 1 amide bonds. The summed E-state index contributed by atoms with van der Waals surface area (Å²) in [7, 11) is 0. The number of rotatable bonds is 5. The van der Waals surface area contributed by atoms with Crippen molar-refractivity contribution < 1.29 is 19.1 Å². The van der Waals surface area contributed by atoms with E-state index in [-0.39, 0.29) is 12.2 Å². The SMILES string of the molecule is CC(C)(C)OC(=O)Cn1nc(C(N)=O)c2cc(Oc3cnccn3)ccc21. The van der Waals surface area contributed by atoms with Gasteiger partial charge < -0.3 is 15.2 Å². The number of nitrogens with two attached hydrogens (primary N) is 1. The highest BCUT2D eigenvalue weighted by Crippen LogP contribution is 2.27. The van der Waals surface area contributed by atoms with Crippen LogP contribution in [0.25, 0.3) is 10.9 Å². The third-order valence-corrected chi connectivity index (χ3v) is 3.42. The zero-order valence-electron chi connectivity index (χ0n) is 15.2. The molecular formula is C18H19N5O4. The lowest BCUT2D eigenvalue weighted by molar-refractivity contribution is -0.155. The number of esters is 1. The Hall–Kier alpha value is -3.49. The van der Waals surface area contributed by atoms with E-state index in [0.717, 1.165) is 0 Å². The van der Waals surface area contributed by atoms with Gasteiger partial charge in [-0.3, -0.25) is 19.3 Å². The first-order chi connectivity index (χ1) is 12.7. The number of amides is 1. The fraction of sp³-hybridized carbons (Fsp3) is 0.278. The molecule has 0 saturated heterocycles. The molecule has 1 aromatic carbocycles. The molecule has 0 bridgehead atoms. The number of nitrogens with zero attached hydrogens (tertiary/aromatic N) is 4. The van der Waals surface area contributed by atoms with Gasteiger partial charge in [-0.2, -0.15) is 5.10 Å². The van der Waals surface area contributed by atoms with Crippen LogP contribution in [0, 0.1) is 0 Å². The highest BCUT2D eigenvalue weighted by atomic mass is 16.6. The van der Waals surface area contributed by atoms with Crippen molar-refractivity contribution >= 4 is 22.8 Å². The number of carbonyl (C=O) groups excluding carboxylic acids is 2. The molecular weight excluding hydrogens is 350 g/mol. The maximum atomic E-state index is 12.1. The van der Waals surface area contributed by atoms with Gasteiger partial charge in [0.05, 0.1) is 11.7 Å². The third-order valence-electron chi connectivity index (χ3n) is 3.42. The van der Waals surface area contributed by atoms with E-state index in [4.69, 9.17) is 15.2 Å². The summed E-state index contributed by atoms with van der Waals surface area (Å²) in [4.78, 5) is 31.9. The first-order valence-electron chi connectivity index (χ1n) is 8.19. The minimum absolute atomic E-state index is 0.0400. The lowest BCUT2D eigenvalue weighted by Gasteiger charge is -2.19. The van der Waals surface area contributed by atoms with Gasteiger partial charge in [0.15, 0.2) is 5.69 Å². The minimum atomic E-state index is -0.709. The van der Waals surface area contributed by atoms with E-state index in [1.807, 2.05) is 0 Å². The monoisotopic (exact) mass is 369 g/mol. The highest BCUT2D eigenvalue weighted by Gasteiger charge is 2.21. The quantitative estimate of drug-likeness (QED) is 0.683. The first kappa shape index (κ1) is 18.3. The number of hydrogen-bond donors (Lipinski definition) is 1. The molecule has 140 valence electrons. The van der Waals surface area contributed by atoms with Gasteiger partial charge in [-0.25, -0.2) is 4.98 Å². The fourth-order valence-electron chi connectivity index (χ4n) is 2.48. The summed E-state index contributed by atoms with van der Waals surface area (Å²) in [5.74, 6) is -0.441. The molecule has 0 atom stereocenters. The third kappa shape index (κ3) is 4.38. The van der Waals surface area contributed by atoms with Crippen LogP contribution in [-0.4, -0.2) is 37.2 Å². The van der Waals surface area contributed by atoms with E-state index in [1.165, 1.54) is 23.3 Å². The largest absolute Gasteiger partial charge is 0.459 e. The Balaban J connectivity index is 1.95. The molecule has 0 aliphatic rings. The highest BCUT2D eigenvalue weighted by molar-refractivity contribution is 6.04. The minimum Gasteiger partial charge on any atom is -0.459 e.